The van der Waals surface area contributed by atoms with E-state index in [0.29, 0.717) is 11.1 Å². The van der Waals surface area contributed by atoms with Crippen molar-refractivity contribution < 1.29 is 14.5 Å². The van der Waals surface area contributed by atoms with Crippen molar-refractivity contribution in [3.63, 3.8) is 0 Å². The number of thioether (sulfide) groups is 1. The van der Waals surface area contributed by atoms with Crippen LogP contribution in [0.2, 0.25) is 0 Å². The predicted molar refractivity (Wildman–Crippen MR) is 179 cm³/mol. The molecular formula is C36H45N2O2S2+. The molecule has 0 saturated carbocycles. The quantitative estimate of drug-likeness (QED) is 0.101. The van der Waals surface area contributed by atoms with Gasteiger partial charge in [-0.05, 0) is 37.1 Å². The summed E-state index contributed by atoms with van der Waals surface area (Å²) in [5, 5.41) is 13.2. The Balaban J connectivity index is 1.34. The molecular weight excluding hydrogens is 557 g/mol. The van der Waals surface area contributed by atoms with Crippen LogP contribution in [0, 0.1) is 0 Å². The first-order valence-corrected chi connectivity index (χ1v) is 17.6. The highest BCUT2D eigenvalue weighted by atomic mass is 32.2. The number of hydrogen-bond acceptors (Lipinski definition) is 5. The molecule has 2 aliphatic rings. The van der Waals surface area contributed by atoms with Gasteiger partial charge in [-0.15, -0.1) is 0 Å². The van der Waals surface area contributed by atoms with Crippen molar-refractivity contribution in [3.8, 4) is 0 Å². The fourth-order valence-corrected chi connectivity index (χ4v) is 8.10. The highest BCUT2D eigenvalue weighted by Gasteiger charge is 2.36. The number of aliphatic hydroxyl groups excluding tert-OH is 1. The molecule has 0 spiro atoms. The normalized spacial score (nSPS) is 16.7. The number of ketones is 1. The number of unbranched alkanes of at least 4 members (excludes halogenated alkanes) is 10. The first-order valence-electron chi connectivity index (χ1n) is 16.0. The minimum absolute atomic E-state index is 0.0698. The van der Waals surface area contributed by atoms with Gasteiger partial charge in [0.1, 0.15) is 10.5 Å². The number of anilines is 1. The SMILES string of the molecule is CCCCCCCCN1C(=CC2=C(O)C(=Cc3sc4ccccc4[n+]3CCCCCCCC)C2=O)Sc2ccccc21. The zero-order valence-corrected chi connectivity index (χ0v) is 26.9. The van der Waals surface area contributed by atoms with E-state index in [-0.39, 0.29) is 11.5 Å². The van der Waals surface area contributed by atoms with Crippen molar-refractivity contribution in [2.75, 3.05) is 11.4 Å². The Labute approximate surface area is 259 Å². The molecule has 4 nitrogen and oxygen atoms in total. The molecule has 0 radical (unpaired) electrons. The number of aromatic nitrogens is 1. The second kappa shape index (κ2) is 15.1. The van der Waals surface area contributed by atoms with Crippen molar-refractivity contribution in [3.05, 3.63) is 81.5 Å². The Hall–Kier alpha value is -2.83. The average molecular weight is 602 g/mol. The summed E-state index contributed by atoms with van der Waals surface area (Å²) < 4.78 is 3.54. The summed E-state index contributed by atoms with van der Waals surface area (Å²) in [6.07, 6.45) is 18.7. The topological polar surface area (TPSA) is 44.4 Å². The van der Waals surface area contributed by atoms with Crippen LogP contribution in [-0.2, 0) is 11.3 Å². The summed E-state index contributed by atoms with van der Waals surface area (Å²) in [6.45, 7) is 6.34. The number of aliphatic hydroxyl groups is 1. The zero-order valence-electron chi connectivity index (χ0n) is 25.2. The van der Waals surface area contributed by atoms with Crippen LogP contribution in [0.3, 0.4) is 0 Å². The van der Waals surface area contributed by atoms with E-state index in [1.807, 2.05) is 12.2 Å². The lowest BCUT2D eigenvalue weighted by Crippen LogP contribution is -2.35. The first kappa shape index (κ1) is 30.6. The smallest absolute Gasteiger partial charge is 0.263 e. The van der Waals surface area contributed by atoms with Gasteiger partial charge in [0.2, 0.25) is 11.3 Å². The van der Waals surface area contributed by atoms with E-state index in [2.05, 4.69) is 71.8 Å². The van der Waals surface area contributed by atoms with E-state index in [9.17, 15) is 9.90 Å². The molecule has 0 atom stereocenters. The van der Waals surface area contributed by atoms with Gasteiger partial charge in [0, 0.05) is 30.0 Å². The van der Waals surface area contributed by atoms with Crippen molar-refractivity contribution in [2.45, 2.75) is 102 Å². The molecule has 222 valence electrons. The van der Waals surface area contributed by atoms with E-state index in [4.69, 9.17) is 0 Å². The van der Waals surface area contributed by atoms with Gasteiger partial charge in [0.15, 0.2) is 6.54 Å². The van der Waals surface area contributed by atoms with Gasteiger partial charge in [-0.1, -0.05) is 119 Å². The number of Topliss-reactive ketones (excluding diaryl/α,β-unsaturated/α-hetero) is 1. The second-order valence-electron chi connectivity index (χ2n) is 11.4. The lowest BCUT2D eigenvalue weighted by atomic mass is 9.88. The maximum Gasteiger partial charge on any atom is 0.263 e. The summed E-state index contributed by atoms with van der Waals surface area (Å²) in [6, 6.07) is 16.9. The largest absolute Gasteiger partial charge is 0.506 e. The molecule has 5 rings (SSSR count). The molecule has 1 N–H and O–H groups in total. The molecule has 1 aromatic heterocycles. The van der Waals surface area contributed by atoms with Crippen LogP contribution in [0.25, 0.3) is 16.3 Å². The number of carbonyl (C=O) groups is 1. The number of nitrogens with zero attached hydrogens (tertiary/aromatic N) is 2. The third kappa shape index (κ3) is 7.03. The molecule has 0 bridgehead atoms. The second-order valence-corrected chi connectivity index (χ2v) is 13.6. The van der Waals surface area contributed by atoms with Crippen LogP contribution in [0.4, 0.5) is 5.69 Å². The molecule has 0 saturated heterocycles. The van der Waals surface area contributed by atoms with Gasteiger partial charge in [0.05, 0.1) is 21.9 Å². The standard InChI is InChI=1S/C36H44N2O2S2/c1-3-5-7-9-11-17-23-37-29-19-13-15-21-31(29)41-33(37)25-27-35(39)28(36(27)40)26-34-38(24-18-12-10-8-6-4-2)30-20-14-16-22-32(30)42-34/h13-16,19-22,25-26H,3-12,17-18,23-24H2,1-2H3/p+1. The number of rotatable bonds is 16. The fraction of sp³-hybridized carbons (Fsp3) is 0.444. The average Bonchev–Trinajstić information content (AvgIpc) is 3.55. The van der Waals surface area contributed by atoms with E-state index in [1.54, 1.807) is 23.1 Å². The Morgan fingerprint density at radius 3 is 2.24 bits per heavy atom. The van der Waals surface area contributed by atoms with E-state index < -0.39 is 0 Å². The molecule has 0 unspecified atom stereocenters. The third-order valence-corrected chi connectivity index (χ3v) is 10.5. The molecule has 2 aromatic carbocycles. The summed E-state index contributed by atoms with van der Waals surface area (Å²) in [5.41, 5.74) is 3.25. The summed E-state index contributed by atoms with van der Waals surface area (Å²) in [4.78, 5) is 17.0. The van der Waals surface area contributed by atoms with Gasteiger partial charge in [-0.3, -0.25) is 4.79 Å². The van der Waals surface area contributed by atoms with Crippen LogP contribution >= 0.6 is 23.1 Å². The molecule has 1 aliphatic carbocycles. The number of hydrogen-bond donors (Lipinski definition) is 1. The molecule has 42 heavy (non-hydrogen) atoms. The van der Waals surface area contributed by atoms with Crippen LogP contribution in [-0.4, -0.2) is 17.4 Å². The molecule has 3 aromatic rings. The molecule has 1 aliphatic heterocycles. The van der Waals surface area contributed by atoms with Crippen LogP contribution in [0.5, 0.6) is 0 Å². The first-order chi connectivity index (χ1) is 20.6. The van der Waals surface area contributed by atoms with E-state index >= 15 is 0 Å². The molecule has 0 amide bonds. The lowest BCUT2D eigenvalue weighted by Gasteiger charge is -2.23. The minimum atomic E-state index is -0.0698. The number of aryl methyl sites for hydroxylation is 1. The van der Waals surface area contributed by atoms with Gasteiger partial charge in [-0.2, -0.15) is 4.57 Å². The highest BCUT2D eigenvalue weighted by Crippen LogP contribution is 2.47. The van der Waals surface area contributed by atoms with Crippen LogP contribution < -0.4 is 9.47 Å². The minimum Gasteiger partial charge on any atom is -0.506 e. The van der Waals surface area contributed by atoms with Crippen LogP contribution in [0.15, 0.2) is 81.4 Å². The van der Waals surface area contributed by atoms with E-state index in [0.717, 1.165) is 36.0 Å². The van der Waals surface area contributed by atoms with Crippen molar-refractivity contribution in [1.82, 2.24) is 0 Å². The summed E-state index contributed by atoms with van der Waals surface area (Å²) in [5.74, 6) is 0.0480. The fourth-order valence-electron chi connectivity index (χ4n) is 5.84. The van der Waals surface area contributed by atoms with Gasteiger partial charge in [-0.25, -0.2) is 0 Å². The highest BCUT2D eigenvalue weighted by molar-refractivity contribution is 8.03. The lowest BCUT2D eigenvalue weighted by molar-refractivity contribution is -0.669. The number of fused-ring (bicyclic) bond motifs is 2. The number of thiazole rings is 1. The van der Waals surface area contributed by atoms with Gasteiger partial charge >= 0.3 is 0 Å². The number of para-hydroxylation sites is 2. The number of allylic oxidation sites excluding steroid dienone is 3. The Morgan fingerprint density at radius 2 is 1.48 bits per heavy atom. The molecule has 0 fully saturated rings. The molecule has 6 heteroatoms. The zero-order chi connectivity index (χ0) is 29.3. The monoisotopic (exact) mass is 601 g/mol. The van der Waals surface area contributed by atoms with Gasteiger partial charge < -0.3 is 10.0 Å². The maximum atomic E-state index is 13.4. The molecule has 2 heterocycles. The van der Waals surface area contributed by atoms with Crippen LogP contribution in [0.1, 0.15) is 95.9 Å². The Morgan fingerprint density at radius 1 is 0.810 bits per heavy atom. The summed E-state index contributed by atoms with van der Waals surface area (Å²) >= 11 is 3.38. The Bertz CT molecular complexity index is 1480. The van der Waals surface area contributed by atoms with Crippen molar-refractivity contribution >= 4 is 50.9 Å². The predicted octanol–water partition coefficient (Wildman–Crippen LogP) is 10.1. The third-order valence-electron chi connectivity index (χ3n) is 8.28. The summed E-state index contributed by atoms with van der Waals surface area (Å²) in [7, 11) is 0. The van der Waals surface area contributed by atoms with Crippen molar-refractivity contribution in [1.29, 1.82) is 0 Å². The van der Waals surface area contributed by atoms with E-state index in [1.165, 1.54) is 85.0 Å². The maximum absolute atomic E-state index is 13.4. The Kier molecular flexibility index (Phi) is 11.0. The van der Waals surface area contributed by atoms with Gasteiger partial charge in [0.25, 0.3) is 5.01 Å². The van der Waals surface area contributed by atoms with Crippen molar-refractivity contribution in [2.24, 2.45) is 0 Å². The number of carbonyl (C=O) groups excluding carboxylic acids is 1. The number of benzene rings is 2.